The third-order valence-corrected chi connectivity index (χ3v) is 15.0. The van der Waals surface area contributed by atoms with Crippen LogP contribution >= 0.6 is 11.8 Å². The van der Waals surface area contributed by atoms with Gasteiger partial charge in [0, 0.05) is 26.6 Å². The monoisotopic (exact) mass is 710 g/mol. The Labute approximate surface area is 314 Å². The average molecular weight is 711 g/mol. The molecule has 249 valence electrons. The van der Waals surface area contributed by atoms with Crippen LogP contribution in [0.5, 0.6) is 0 Å². The van der Waals surface area contributed by atoms with Gasteiger partial charge in [-0.2, -0.15) is 0 Å². The molecule has 2 aliphatic rings. The van der Waals surface area contributed by atoms with Gasteiger partial charge in [0.05, 0.1) is 16.5 Å². The summed E-state index contributed by atoms with van der Waals surface area (Å²) in [4.78, 5) is 5.05. The van der Waals surface area contributed by atoms with E-state index in [1.807, 2.05) is 17.8 Å². The third kappa shape index (κ3) is 4.46. The molecular weight excluding hydrogens is 679 g/mol. The van der Waals surface area contributed by atoms with Crippen molar-refractivity contribution in [2.45, 2.75) is 15.2 Å². The number of hydrogen-bond donors (Lipinski definition) is 0. The second-order valence-corrected chi connectivity index (χ2v) is 17.3. The summed E-state index contributed by atoms with van der Waals surface area (Å²) in [5.41, 5.74) is 10.0. The van der Waals surface area contributed by atoms with E-state index in [1.165, 1.54) is 47.6 Å². The summed E-state index contributed by atoms with van der Waals surface area (Å²) in [6.07, 6.45) is 0. The van der Waals surface area contributed by atoms with Crippen molar-refractivity contribution in [3.05, 3.63) is 216 Å². The van der Waals surface area contributed by atoms with Crippen molar-refractivity contribution in [1.82, 2.24) is 0 Å². The lowest BCUT2D eigenvalue weighted by molar-refractivity contribution is 0.669. The maximum Gasteiger partial charge on any atom is 0.155 e. The molecule has 4 heteroatoms. The molecule has 0 saturated carbocycles. The smallest absolute Gasteiger partial charge is 0.155 e. The van der Waals surface area contributed by atoms with Crippen LogP contribution in [0.4, 0.5) is 17.1 Å². The lowest BCUT2D eigenvalue weighted by atomic mass is 9.64. The van der Waals surface area contributed by atoms with Gasteiger partial charge in [0.25, 0.3) is 0 Å². The third-order valence-electron chi connectivity index (χ3n) is 11.0. The van der Waals surface area contributed by atoms with Gasteiger partial charge >= 0.3 is 0 Å². The van der Waals surface area contributed by atoms with Crippen LogP contribution in [0.3, 0.4) is 0 Å². The minimum Gasteiger partial charge on any atom is -0.456 e. The van der Waals surface area contributed by atoms with Crippen molar-refractivity contribution in [2.24, 2.45) is 0 Å². The molecule has 0 aliphatic carbocycles. The number of benzene rings is 8. The van der Waals surface area contributed by atoms with E-state index in [1.54, 1.807) is 0 Å². The molecule has 0 N–H and O–H groups in total. The van der Waals surface area contributed by atoms with Crippen molar-refractivity contribution >= 4 is 75.1 Å². The highest BCUT2D eigenvalue weighted by molar-refractivity contribution is 7.99. The first-order chi connectivity index (χ1) is 26.3. The fraction of sp³-hybridized carbons (Fsp3) is 0.0204. The summed E-state index contributed by atoms with van der Waals surface area (Å²) >= 11 is 1.89. The fourth-order valence-electron chi connectivity index (χ4n) is 8.96. The lowest BCUT2D eigenvalue weighted by Gasteiger charge is -2.48. The predicted molar refractivity (Wildman–Crippen MR) is 222 cm³/mol. The Balaban J connectivity index is 1.27. The van der Waals surface area contributed by atoms with Gasteiger partial charge in [-0.1, -0.05) is 156 Å². The van der Waals surface area contributed by atoms with Gasteiger partial charge < -0.3 is 9.32 Å². The SMILES string of the molecule is c1ccc(N(c2ccc3c(c2)C2(c4ccccc4Sc4ccccc42)c2ccccc2[Si]3c2ccccc2)c2cccc3oc4ccccc4c23)cc1. The molecule has 0 bridgehead atoms. The van der Waals surface area contributed by atoms with Crippen LogP contribution in [-0.4, -0.2) is 8.80 Å². The van der Waals surface area contributed by atoms with Crippen molar-refractivity contribution in [3.8, 4) is 0 Å². The highest BCUT2D eigenvalue weighted by atomic mass is 32.2. The lowest BCUT2D eigenvalue weighted by Crippen LogP contribution is -2.62. The van der Waals surface area contributed by atoms with Crippen LogP contribution < -0.4 is 20.5 Å². The van der Waals surface area contributed by atoms with E-state index in [2.05, 4.69) is 193 Å². The number of hydrogen-bond acceptors (Lipinski definition) is 3. The van der Waals surface area contributed by atoms with Gasteiger partial charge in [-0.3, -0.25) is 0 Å². The fourth-order valence-corrected chi connectivity index (χ4v) is 13.2. The van der Waals surface area contributed by atoms with Crippen LogP contribution in [0.15, 0.2) is 208 Å². The largest absolute Gasteiger partial charge is 0.456 e. The number of anilines is 3. The molecule has 9 aromatic rings. The number of rotatable bonds is 4. The first-order valence-electron chi connectivity index (χ1n) is 18.1. The summed E-state index contributed by atoms with van der Waals surface area (Å²) in [6.45, 7) is 0. The van der Waals surface area contributed by atoms with E-state index in [4.69, 9.17) is 4.42 Å². The first-order valence-corrected chi connectivity index (χ1v) is 20.4. The Morgan fingerprint density at radius 1 is 0.453 bits per heavy atom. The Kier molecular flexibility index (Phi) is 6.91. The maximum absolute atomic E-state index is 6.45. The second kappa shape index (κ2) is 12.0. The number of para-hydroxylation sites is 2. The Bertz CT molecular complexity index is 2800. The molecule has 1 radical (unpaired) electrons. The quantitative estimate of drug-likeness (QED) is 0.169. The Morgan fingerprint density at radius 3 is 1.83 bits per heavy atom. The highest BCUT2D eigenvalue weighted by Crippen LogP contribution is 2.56. The van der Waals surface area contributed by atoms with Crippen molar-refractivity contribution in [2.75, 3.05) is 4.90 Å². The summed E-state index contributed by atoms with van der Waals surface area (Å²) in [5, 5.41) is 6.51. The molecule has 0 amide bonds. The molecule has 8 aromatic carbocycles. The molecule has 1 aromatic heterocycles. The minimum absolute atomic E-state index is 0.514. The number of nitrogens with zero attached hydrogens (tertiary/aromatic N) is 1. The highest BCUT2D eigenvalue weighted by Gasteiger charge is 2.51. The molecule has 1 spiro atoms. The molecule has 3 heterocycles. The molecule has 0 unspecified atom stereocenters. The minimum atomic E-state index is -1.38. The van der Waals surface area contributed by atoms with Gasteiger partial charge in [0.2, 0.25) is 0 Å². The topological polar surface area (TPSA) is 16.4 Å². The van der Waals surface area contributed by atoms with Crippen molar-refractivity contribution in [3.63, 3.8) is 0 Å². The van der Waals surface area contributed by atoms with Crippen LogP contribution in [0.2, 0.25) is 0 Å². The number of furan rings is 1. The first kappa shape index (κ1) is 30.5. The normalized spacial score (nSPS) is 14.0. The van der Waals surface area contributed by atoms with Gasteiger partial charge in [-0.05, 0) is 87.2 Å². The van der Waals surface area contributed by atoms with Crippen molar-refractivity contribution in [1.29, 1.82) is 0 Å². The summed E-state index contributed by atoms with van der Waals surface area (Å²) < 4.78 is 6.45. The van der Waals surface area contributed by atoms with E-state index < -0.39 is 14.2 Å². The molecule has 2 aliphatic heterocycles. The number of fused-ring (bicyclic) bond motifs is 11. The molecule has 11 rings (SSSR count). The Hall–Kier alpha value is -6.07. The zero-order chi connectivity index (χ0) is 34.9. The van der Waals surface area contributed by atoms with E-state index in [0.717, 1.165) is 39.0 Å². The van der Waals surface area contributed by atoms with Crippen LogP contribution in [0, 0.1) is 0 Å². The van der Waals surface area contributed by atoms with E-state index in [-0.39, 0.29) is 0 Å². The van der Waals surface area contributed by atoms with Crippen LogP contribution in [0.25, 0.3) is 21.9 Å². The van der Waals surface area contributed by atoms with Crippen LogP contribution in [-0.2, 0) is 5.41 Å². The van der Waals surface area contributed by atoms with Crippen molar-refractivity contribution < 1.29 is 4.42 Å². The van der Waals surface area contributed by atoms with Crippen LogP contribution in [0.1, 0.15) is 22.3 Å². The molecule has 0 saturated heterocycles. The second-order valence-electron chi connectivity index (χ2n) is 13.8. The summed E-state index contributed by atoms with van der Waals surface area (Å²) in [6, 6.07) is 71.6. The Morgan fingerprint density at radius 2 is 1.06 bits per heavy atom. The molecule has 2 nitrogen and oxygen atoms in total. The zero-order valence-corrected chi connectivity index (χ0v) is 30.6. The summed E-state index contributed by atoms with van der Waals surface area (Å²) in [5.74, 6) is 0. The molecule has 0 atom stereocenters. The summed E-state index contributed by atoms with van der Waals surface area (Å²) in [7, 11) is -1.38. The maximum atomic E-state index is 6.45. The standard InChI is InChI=1S/C49H32NOSSi/c1-3-16-33(17-4-1)50(41-24-15-26-43-48(41)36-20-7-11-25-42(36)51-43)34-30-31-47-40(32-34)49(37-21-8-12-27-44(37)52-45-28-13-9-22-38(45)49)39-23-10-14-29-46(39)53(47)35-18-5-2-6-19-35/h1-32H. The van der Waals surface area contributed by atoms with Gasteiger partial charge in [-0.25, -0.2) is 0 Å². The van der Waals surface area contributed by atoms with E-state index in [9.17, 15) is 0 Å². The average Bonchev–Trinajstić information content (AvgIpc) is 3.61. The van der Waals surface area contributed by atoms with Gasteiger partial charge in [0.1, 0.15) is 11.2 Å². The molecule has 53 heavy (non-hydrogen) atoms. The molecular formula is C49H32NOSSi. The predicted octanol–water partition coefficient (Wildman–Crippen LogP) is 10.7. The van der Waals surface area contributed by atoms with E-state index >= 15 is 0 Å². The zero-order valence-electron chi connectivity index (χ0n) is 28.7. The van der Waals surface area contributed by atoms with Gasteiger partial charge in [-0.15, -0.1) is 0 Å². The van der Waals surface area contributed by atoms with Gasteiger partial charge in [0.15, 0.2) is 8.80 Å². The van der Waals surface area contributed by atoms with E-state index in [0.29, 0.717) is 0 Å². The molecule has 0 fully saturated rings.